The van der Waals surface area contributed by atoms with E-state index >= 15 is 0 Å². The number of phenolic OH excluding ortho intramolecular Hbond substituents is 5. The molecular weight excluding hydrogens is 551 g/mol. The second-order valence-corrected chi connectivity index (χ2v) is 10.9. The molecule has 0 heterocycles. The van der Waals surface area contributed by atoms with E-state index in [1.165, 1.54) is 0 Å². The molecule has 210 valence electrons. The Hall–Kier alpha value is -5.47. The second kappa shape index (κ2) is 11.0. The summed E-state index contributed by atoms with van der Waals surface area (Å²) < 4.78 is 31.9. The second-order valence-electron chi connectivity index (χ2n) is 8.53. The first-order chi connectivity index (χ1) is 19.8. The van der Waals surface area contributed by atoms with Gasteiger partial charge in [-0.1, -0.05) is 0 Å². The minimum absolute atomic E-state index is 0.124. The summed E-state index contributed by atoms with van der Waals surface area (Å²) in [6, 6.07) is 32.8. The van der Waals surface area contributed by atoms with Crippen LogP contribution < -0.4 is 22.6 Å². The van der Waals surface area contributed by atoms with Crippen molar-refractivity contribution >= 4 is 7.74 Å². The quantitative estimate of drug-likeness (QED) is 0.0666. The van der Waals surface area contributed by atoms with Gasteiger partial charge in [-0.3, -0.25) is 0 Å². The third-order valence-corrected chi connectivity index (χ3v) is 8.08. The van der Waals surface area contributed by atoms with Gasteiger partial charge in [0.1, 0.15) is 0 Å². The van der Waals surface area contributed by atoms with Gasteiger partial charge in [0.05, 0.1) is 0 Å². The van der Waals surface area contributed by atoms with E-state index in [9.17, 15) is 25.5 Å². The van der Waals surface area contributed by atoms with Crippen LogP contribution in [-0.2, 0) is 0 Å². The SMILES string of the molecule is Oc1c(O)c(O)c(OP(Oc2ccccc2)(Oc2ccccc2)(Oc2ccccc2)Oc2ccccc2)c(O)c1O. The van der Waals surface area contributed by atoms with Crippen LogP contribution in [0.3, 0.4) is 0 Å². The number of benzene rings is 5. The standard InChI is InChI=1S/C30H25O10P/c31-25-26(32)28(34)30(29(35)27(25)33)40-41(36-21-13-5-1-6-14-21,37-22-15-7-2-8-16-22,38-23-17-9-3-10-18-23)39-24-19-11-4-12-20-24/h1-20,31-35H. The van der Waals surface area contributed by atoms with Crippen LogP contribution in [0.4, 0.5) is 0 Å². The van der Waals surface area contributed by atoms with Crippen molar-refractivity contribution in [1.82, 2.24) is 0 Å². The topological polar surface area (TPSA) is 147 Å². The van der Waals surface area contributed by atoms with Gasteiger partial charge in [0.2, 0.25) is 0 Å². The molecule has 0 aliphatic heterocycles. The number of hydrogen-bond acceptors (Lipinski definition) is 10. The average Bonchev–Trinajstić information content (AvgIpc) is 2.99. The van der Waals surface area contributed by atoms with Gasteiger partial charge in [-0.05, 0) is 0 Å². The zero-order chi connectivity index (χ0) is 28.9. The van der Waals surface area contributed by atoms with Gasteiger partial charge < -0.3 is 0 Å². The Balaban J connectivity index is 1.85. The fourth-order valence-electron chi connectivity index (χ4n) is 3.70. The van der Waals surface area contributed by atoms with E-state index in [4.69, 9.17) is 22.6 Å². The third-order valence-electron chi connectivity index (χ3n) is 5.56. The predicted molar refractivity (Wildman–Crippen MR) is 151 cm³/mol. The zero-order valence-electron chi connectivity index (χ0n) is 21.3. The fourth-order valence-corrected chi connectivity index (χ4v) is 6.41. The van der Waals surface area contributed by atoms with Crippen LogP contribution in [-0.4, -0.2) is 25.5 Å². The molecule has 0 fully saturated rings. The molecule has 0 saturated carbocycles. The Morgan fingerprint density at radius 1 is 0.317 bits per heavy atom. The molecule has 0 spiro atoms. The van der Waals surface area contributed by atoms with E-state index in [0.29, 0.717) is 0 Å². The van der Waals surface area contributed by atoms with Crippen molar-refractivity contribution in [2.75, 3.05) is 0 Å². The van der Waals surface area contributed by atoms with Crippen LogP contribution in [0.1, 0.15) is 0 Å². The molecule has 0 aromatic heterocycles. The van der Waals surface area contributed by atoms with Crippen molar-refractivity contribution in [3.05, 3.63) is 121 Å². The van der Waals surface area contributed by atoms with E-state index in [-0.39, 0.29) is 23.0 Å². The first kappa shape index (κ1) is 27.1. The molecule has 0 radical (unpaired) electrons. The molecule has 0 saturated heterocycles. The molecule has 0 unspecified atom stereocenters. The summed E-state index contributed by atoms with van der Waals surface area (Å²) in [5.41, 5.74) is 0. The van der Waals surface area contributed by atoms with Crippen molar-refractivity contribution in [1.29, 1.82) is 0 Å². The molecule has 0 amide bonds. The molecule has 5 N–H and O–H groups in total. The Morgan fingerprint density at radius 2 is 0.561 bits per heavy atom. The number of para-hydroxylation sites is 4. The molecule has 0 aliphatic carbocycles. The molecule has 0 aliphatic rings. The summed E-state index contributed by atoms with van der Waals surface area (Å²) in [5, 5.41) is 52.3. The maximum atomic E-state index is 10.8. The average molecular weight is 576 g/mol. The number of phenols is 5. The van der Waals surface area contributed by atoms with Crippen LogP contribution in [0, 0.1) is 0 Å². The minimum atomic E-state index is -5.83. The molecule has 5 rings (SSSR count). The van der Waals surface area contributed by atoms with Gasteiger partial charge >= 0.3 is 235 Å². The van der Waals surface area contributed by atoms with Crippen molar-refractivity contribution in [3.63, 3.8) is 0 Å². The molecule has 41 heavy (non-hydrogen) atoms. The monoisotopic (exact) mass is 576 g/mol. The fraction of sp³-hybridized carbons (Fsp3) is 0. The van der Waals surface area contributed by atoms with Crippen LogP contribution >= 0.6 is 7.74 Å². The Labute approximate surface area is 234 Å². The van der Waals surface area contributed by atoms with Crippen LogP contribution in [0.5, 0.6) is 57.5 Å². The molecular formula is C30H25O10P. The van der Waals surface area contributed by atoms with E-state index in [1.807, 2.05) is 0 Å². The Kier molecular flexibility index (Phi) is 7.24. The number of hydrogen-bond donors (Lipinski definition) is 5. The summed E-state index contributed by atoms with van der Waals surface area (Å²) in [4.78, 5) is 0. The predicted octanol–water partition coefficient (Wildman–Crippen LogP) is 7.04. The Bertz CT molecular complexity index is 1410. The molecule has 0 bridgehead atoms. The van der Waals surface area contributed by atoms with Gasteiger partial charge in [-0.25, -0.2) is 0 Å². The van der Waals surface area contributed by atoms with E-state index in [2.05, 4.69) is 0 Å². The number of aromatic hydroxyl groups is 5. The summed E-state index contributed by atoms with van der Waals surface area (Å²) in [7, 11) is -5.83. The first-order valence-corrected chi connectivity index (χ1v) is 14.0. The van der Waals surface area contributed by atoms with Crippen LogP contribution in [0.25, 0.3) is 0 Å². The van der Waals surface area contributed by atoms with Crippen LogP contribution in [0.15, 0.2) is 121 Å². The third kappa shape index (κ3) is 5.63. The van der Waals surface area contributed by atoms with Gasteiger partial charge in [0, 0.05) is 0 Å². The number of rotatable bonds is 10. The van der Waals surface area contributed by atoms with Crippen molar-refractivity contribution in [2.24, 2.45) is 0 Å². The summed E-state index contributed by atoms with van der Waals surface area (Å²) in [5.74, 6) is -6.35. The summed E-state index contributed by atoms with van der Waals surface area (Å²) >= 11 is 0. The molecule has 10 nitrogen and oxygen atoms in total. The maximum absolute atomic E-state index is 10.8. The van der Waals surface area contributed by atoms with Crippen LogP contribution in [0.2, 0.25) is 0 Å². The molecule has 0 atom stereocenters. The van der Waals surface area contributed by atoms with Gasteiger partial charge in [0.15, 0.2) is 0 Å². The van der Waals surface area contributed by atoms with E-state index in [1.54, 1.807) is 121 Å². The molecule has 11 heteroatoms. The summed E-state index contributed by atoms with van der Waals surface area (Å²) in [6.07, 6.45) is 0. The Morgan fingerprint density at radius 3 is 0.829 bits per heavy atom. The zero-order valence-corrected chi connectivity index (χ0v) is 22.2. The molecule has 5 aromatic rings. The van der Waals surface area contributed by atoms with Crippen molar-refractivity contribution in [2.45, 2.75) is 0 Å². The van der Waals surface area contributed by atoms with Crippen molar-refractivity contribution in [3.8, 4) is 57.5 Å². The van der Waals surface area contributed by atoms with E-state index in [0.717, 1.165) is 0 Å². The molecule has 5 aromatic carbocycles. The van der Waals surface area contributed by atoms with Crippen molar-refractivity contribution < 1.29 is 48.2 Å². The van der Waals surface area contributed by atoms with Gasteiger partial charge in [-0.2, -0.15) is 0 Å². The first-order valence-electron chi connectivity index (χ1n) is 12.2. The van der Waals surface area contributed by atoms with Gasteiger partial charge in [0.25, 0.3) is 0 Å². The van der Waals surface area contributed by atoms with Gasteiger partial charge in [-0.15, -0.1) is 0 Å². The normalized spacial score (nSPS) is 12.0. The summed E-state index contributed by atoms with van der Waals surface area (Å²) in [6.45, 7) is 0. The van der Waals surface area contributed by atoms with E-state index < -0.39 is 42.2 Å².